The number of aromatic nitrogens is 1. The van der Waals surface area contributed by atoms with Crippen LogP contribution in [0.4, 0.5) is 0 Å². The Morgan fingerprint density at radius 1 is 0.958 bits per heavy atom. The number of hydrogen-bond acceptors (Lipinski definition) is 4. The first-order chi connectivity index (χ1) is 11.8. The maximum absolute atomic E-state index is 13.0. The van der Waals surface area contributed by atoms with Crippen LogP contribution in [0.3, 0.4) is 0 Å². The molecular weight excluding hydrogens is 318 g/mol. The number of thiazole rings is 1. The number of nitrogens with zero attached hydrogens (tertiary/aromatic N) is 1. The molecule has 2 aromatic heterocycles. The van der Waals surface area contributed by atoms with E-state index in [0.29, 0.717) is 21.9 Å². The minimum absolute atomic E-state index is 0.0638. The highest BCUT2D eigenvalue weighted by molar-refractivity contribution is 7.20. The first-order valence-corrected chi connectivity index (χ1v) is 8.34. The number of para-hydroxylation sites is 1. The fraction of sp³-hybridized carbons (Fsp3) is 0. The fourth-order valence-corrected chi connectivity index (χ4v) is 3.45. The fourth-order valence-electron chi connectivity index (χ4n) is 2.47. The lowest BCUT2D eigenvalue weighted by atomic mass is 10.0. The van der Waals surface area contributed by atoms with Crippen molar-refractivity contribution in [3.8, 4) is 0 Å². The molecule has 0 unspecified atom stereocenters. The number of carbonyl (C=O) groups is 1. The molecule has 2 heterocycles. The summed E-state index contributed by atoms with van der Waals surface area (Å²) >= 11 is 1.51. The number of hydrogen-bond donors (Lipinski definition) is 0. The highest BCUT2D eigenvalue weighted by atomic mass is 32.1. The van der Waals surface area contributed by atoms with E-state index in [0.717, 1.165) is 10.2 Å². The zero-order valence-electron chi connectivity index (χ0n) is 12.7. The molecule has 0 saturated heterocycles. The number of allylic oxidation sites excluding steroid dienone is 1. The molecule has 0 radical (unpaired) electrons. The minimum Gasteiger partial charge on any atom is -0.465 e. The number of carbonyl (C=O) groups excluding carboxylic acids is 1. The summed E-state index contributed by atoms with van der Waals surface area (Å²) in [7, 11) is 0. The second-order valence-corrected chi connectivity index (χ2v) is 6.29. The van der Waals surface area contributed by atoms with Gasteiger partial charge in [-0.25, -0.2) is 4.98 Å². The van der Waals surface area contributed by atoms with Gasteiger partial charge < -0.3 is 4.42 Å². The molecule has 0 saturated carbocycles. The molecule has 0 aliphatic carbocycles. The van der Waals surface area contributed by atoms with E-state index in [2.05, 4.69) is 4.98 Å². The average molecular weight is 331 g/mol. The van der Waals surface area contributed by atoms with Crippen molar-refractivity contribution in [1.82, 2.24) is 4.98 Å². The van der Waals surface area contributed by atoms with Gasteiger partial charge in [0.05, 0.1) is 22.1 Å². The highest BCUT2D eigenvalue weighted by Gasteiger charge is 2.18. The van der Waals surface area contributed by atoms with E-state index in [1.54, 1.807) is 18.4 Å². The van der Waals surface area contributed by atoms with Gasteiger partial charge in [-0.1, -0.05) is 42.5 Å². The number of rotatable bonds is 4. The summed E-state index contributed by atoms with van der Waals surface area (Å²) in [4.78, 5) is 17.6. The molecule has 0 aliphatic rings. The monoisotopic (exact) mass is 331 g/mol. The van der Waals surface area contributed by atoms with Gasteiger partial charge in [-0.2, -0.15) is 0 Å². The van der Waals surface area contributed by atoms with Crippen LogP contribution in [0, 0.1) is 0 Å². The van der Waals surface area contributed by atoms with E-state index >= 15 is 0 Å². The van der Waals surface area contributed by atoms with Gasteiger partial charge >= 0.3 is 0 Å². The van der Waals surface area contributed by atoms with Crippen LogP contribution in [-0.4, -0.2) is 10.8 Å². The van der Waals surface area contributed by atoms with E-state index < -0.39 is 0 Å². The van der Waals surface area contributed by atoms with Gasteiger partial charge in [0.25, 0.3) is 0 Å². The third kappa shape index (κ3) is 2.79. The molecule has 4 aromatic rings. The molecule has 2 aromatic carbocycles. The topological polar surface area (TPSA) is 43.1 Å². The van der Waals surface area contributed by atoms with Crippen LogP contribution in [0.15, 0.2) is 77.4 Å². The van der Waals surface area contributed by atoms with Crippen molar-refractivity contribution in [2.45, 2.75) is 0 Å². The molecule has 4 heteroatoms. The van der Waals surface area contributed by atoms with Gasteiger partial charge in [0.1, 0.15) is 10.8 Å². The summed E-state index contributed by atoms with van der Waals surface area (Å²) in [5.41, 5.74) is 2.07. The number of Topliss-reactive ketones (excluding diaryl/α,β-unsaturated/α-hetero) is 1. The largest absolute Gasteiger partial charge is 0.465 e. The van der Waals surface area contributed by atoms with Gasteiger partial charge in [0.15, 0.2) is 5.78 Å². The molecule has 0 fully saturated rings. The van der Waals surface area contributed by atoms with Gasteiger partial charge in [-0.15, -0.1) is 11.3 Å². The smallest absolute Gasteiger partial charge is 0.196 e. The molecule has 4 rings (SSSR count). The van der Waals surface area contributed by atoms with Crippen LogP contribution >= 0.6 is 11.3 Å². The number of fused-ring (bicyclic) bond motifs is 1. The van der Waals surface area contributed by atoms with E-state index in [-0.39, 0.29) is 5.78 Å². The molecule has 0 bridgehead atoms. The van der Waals surface area contributed by atoms with E-state index in [4.69, 9.17) is 4.42 Å². The number of furan rings is 1. The zero-order valence-corrected chi connectivity index (χ0v) is 13.5. The van der Waals surface area contributed by atoms with Crippen molar-refractivity contribution in [3.63, 3.8) is 0 Å². The minimum atomic E-state index is -0.0638. The molecule has 24 heavy (non-hydrogen) atoms. The van der Waals surface area contributed by atoms with Gasteiger partial charge in [-0.05, 0) is 30.3 Å². The van der Waals surface area contributed by atoms with Crippen LogP contribution in [0.2, 0.25) is 0 Å². The van der Waals surface area contributed by atoms with Crippen molar-refractivity contribution < 1.29 is 9.21 Å². The SMILES string of the molecule is O=C(C(=Cc1ccco1)c1nc2ccccc2s1)c1ccccc1. The molecule has 0 spiro atoms. The van der Waals surface area contributed by atoms with Crippen molar-refractivity contribution in [2.75, 3.05) is 0 Å². The van der Waals surface area contributed by atoms with E-state index in [1.807, 2.05) is 60.7 Å². The summed E-state index contributed by atoms with van der Waals surface area (Å²) in [6, 6.07) is 20.7. The number of benzene rings is 2. The second kappa shape index (κ2) is 6.26. The Labute approximate surface area is 142 Å². The Balaban J connectivity index is 1.86. The molecule has 0 atom stereocenters. The Morgan fingerprint density at radius 2 is 1.75 bits per heavy atom. The number of ketones is 1. The third-order valence-electron chi connectivity index (χ3n) is 3.63. The summed E-state index contributed by atoms with van der Waals surface area (Å²) in [5, 5.41) is 0.696. The molecular formula is C20H13NO2S. The summed E-state index contributed by atoms with van der Waals surface area (Å²) in [6.07, 6.45) is 3.35. The maximum atomic E-state index is 13.0. The zero-order chi connectivity index (χ0) is 16.4. The van der Waals surface area contributed by atoms with E-state index in [1.165, 1.54) is 11.3 Å². The third-order valence-corrected chi connectivity index (χ3v) is 4.70. The van der Waals surface area contributed by atoms with Gasteiger partial charge in [0, 0.05) is 5.56 Å². The molecule has 116 valence electrons. The Hall–Kier alpha value is -2.98. The molecule has 0 N–H and O–H groups in total. The van der Waals surface area contributed by atoms with Crippen LogP contribution in [0.5, 0.6) is 0 Å². The second-order valence-electron chi connectivity index (χ2n) is 5.26. The molecule has 0 amide bonds. The van der Waals surface area contributed by atoms with Crippen LogP contribution in [0.1, 0.15) is 21.1 Å². The highest BCUT2D eigenvalue weighted by Crippen LogP contribution is 2.30. The Bertz CT molecular complexity index is 981. The predicted molar refractivity (Wildman–Crippen MR) is 97.0 cm³/mol. The summed E-state index contributed by atoms with van der Waals surface area (Å²) < 4.78 is 6.45. The van der Waals surface area contributed by atoms with Gasteiger partial charge in [-0.3, -0.25) is 4.79 Å². The van der Waals surface area contributed by atoms with Crippen molar-refractivity contribution in [1.29, 1.82) is 0 Å². The van der Waals surface area contributed by atoms with Crippen LogP contribution < -0.4 is 0 Å². The first kappa shape index (κ1) is 14.6. The van der Waals surface area contributed by atoms with Crippen molar-refractivity contribution >= 4 is 39.0 Å². The lowest BCUT2D eigenvalue weighted by Gasteiger charge is -2.03. The summed E-state index contributed by atoms with van der Waals surface area (Å²) in [6.45, 7) is 0. The van der Waals surface area contributed by atoms with Crippen molar-refractivity contribution in [2.24, 2.45) is 0 Å². The van der Waals surface area contributed by atoms with Crippen LogP contribution in [0.25, 0.3) is 21.9 Å². The molecule has 3 nitrogen and oxygen atoms in total. The first-order valence-electron chi connectivity index (χ1n) is 7.52. The average Bonchev–Trinajstić information content (AvgIpc) is 3.29. The quantitative estimate of drug-likeness (QED) is 0.376. The van der Waals surface area contributed by atoms with Gasteiger partial charge in [0.2, 0.25) is 0 Å². The van der Waals surface area contributed by atoms with Crippen LogP contribution in [-0.2, 0) is 0 Å². The lowest BCUT2D eigenvalue weighted by Crippen LogP contribution is -2.02. The van der Waals surface area contributed by atoms with Crippen molar-refractivity contribution in [3.05, 3.63) is 89.3 Å². The predicted octanol–water partition coefficient (Wildman–Crippen LogP) is 5.31. The Kier molecular flexibility index (Phi) is 3.81. The van der Waals surface area contributed by atoms with E-state index in [9.17, 15) is 4.79 Å². The molecule has 0 aliphatic heterocycles. The Morgan fingerprint density at radius 3 is 2.50 bits per heavy atom. The standard InChI is InChI=1S/C20H13NO2S/c22-19(14-7-2-1-3-8-14)16(13-15-9-6-12-23-15)20-21-17-10-4-5-11-18(17)24-20/h1-13H. The lowest BCUT2D eigenvalue weighted by molar-refractivity contribution is 0.105. The summed E-state index contributed by atoms with van der Waals surface area (Å²) in [5.74, 6) is 0.569. The maximum Gasteiger partial charge on any atom is 0.196 e. The normalized spacial score (nSPS) is 11.8.